The quantitative estimate of drug-likeness (QED) is 0.626. The van der Waals surface area contributed by atoms with Gasteiger partial charge in [-0.2, -0.15) is 0 Å². The number of nitrogens with zero attached hydrogens (tertiary/aromatic N) is 1. The van der Waals surface area contributed by atoms with E-state index in [0.717, 1.165) is 12.8 Å². The second-order valence-corrected chi connectivity index (χ2v) is 3.29. The minimum atomic E-state index is 0.0198. The molecule has 0 heterocycles. The minimum absolute atomic E-state index is 0.0198. The first-order chi connectivity index (χ1) is 6.11. The third-order valence-corrected chi connectivity index (χ3v) is 2.14. The predicted octanol–water partition coefficient (Wildman–Crippen LogP) is 0.771. The molecule has 0 bridgehead atoms. The summed E-state index contributed by atoms with van der Waals surface area (Å²) >= 11 is 0. The molecule has 4 nitrogen and oxygen atoms in total. The summed E-state index contributed by atoms with van der Waals surface area (Å²) in [6.45, 7) is 2.79. The molecule has 13 heavy (non-hydrogen) atoms. The number of carbonyl (C=O) groups is 1. The van der Waals surface area contributed by atoms with Gasteiger partial charge in [-0.05, 0) is 25.3 Å². The molecule has 4 heteroatoms. The van der Waals surface area contributed by atoms with Crippen LogP contribution in [0.4, 0.5) is 0 Å². The van der Waals surface area contributed by atoms with Gasteiger partial charge in [-0.25, -0.2) is 5.06 Å². The van der Waals surface area contributed by atoms with Gasteiger partial charge in [0, 0.05) is 13.5 Å². The van der Waals surface area contributed by atoms with E-state index in [1.807, 2.05) is 0 Å². The summed E-state index contributed by atoms with van der Waals surface area (Å²) in [7, 11) is 3.11. The van der Waals surface area contributed by atoms with Gasteiger partial charge in [0.05, 0.1) is 7.11 Å². The van der Waals surface area contributed by atoms with Crippen LogP contribution in [0.3, 0.4) is 0 Å². The van der Waals surface area contributed by atoms with Crippen molar-refractivity contribution in [3.05, 3.63) is 0 Å². The lowest BCUT2D eigenvalue weighted by Gasteiger charge is -2.15. The van der Waals surface area contributed by atoms with Crippen LogP contribution in [0.25, 0.3) is 0 Å². The van der Waals surface area contributed by atoms with Gasteiger partial charge in [-0.15, -0.1) is 0 Å². The van der Waals surface area contributed by atoms with Crippen LogP contribution in [0.2, 0.25) is 0 Å². The lowest BCUT2D eigenvalue weighted by atomic mass is 10.0. The summed E-state index contributed by atoms with van der Waals surface area (Å²) in [5, 5.41) is 1.26. The molecule has 0 aromatic carbocycles. The van der Waals surface area contributed by atoms with Crippen LogP contribution in [-0.2, 0) is 9.63 Å². The molecule has 0 fully saturated rings. The minimum Gasteiger partial charge on any atom is -0.330 e. The summed E-state index contributed by atoms with van der Waals surface area (Å²) < 4.78 is 0. The van der Waals surface area contributed by atoms with Crippen LogP contribution in [0.1, 0.15) is 26.2 Å². The normalized spacial score (nSPS) is 12.6. The third kappa shape index (κ3) is 5.60. The predicted molar refractivity (Wildman–Crippen MR) is 51.8 cm³/mol. The molecule has 0 aromatic heterocycles. The topological polar surface area (TPSA) is 55.6 Å². The van der Waals surface area contributed by atoms with E-state index in [9.17, 15) is 4.79 Å². The maximum absolute atomic E-state index is 11.3. The Hall–Kier alpha value is -0.610. The maximum Gasteiger partial charge on any atom is 0.245 e. The van der Waals surface area contributed by atoms with Crippen LogP contribution in [0.15, 0.2) is 0 Å². The summed E-state index contributed by atoms with van der Waals surface area (Å²) in [5.41, 5.74) is 5.40. The highest BCUT2D eigenvalue weighted by Crippen LogP contribution is 2.09. The van der Waals surface area contributed by atoms with Gasteiger partial charge in [0.15, 0.2) is 0 Å². The average molecular weight is 188 g/mol. The molecule has 0 saturated heterocycles. The van der Waals surface area contributed by atoms with Crippen molar-refractivity contribution in [2.24, 2.45) is 11.7 Å². The molecule has 2 N–H and O–H groups in total. The van der Waals surface area contributed by atoms with Crippen LogP contribution < -0.4 is 5.73 Å². The Morgan fingerprint density at radius 2 is 2.15 bits per heavy atom. The number of nitrogens with two attached hydrogens (primary N) is 1. The molecule has 1 atom stereocenters. The lowest BCUT2D eigenvalue weighted by Crippen LogP contribution is -2.25. The zero-order valence-electron chi connectivity index (χ0n) is 8.75. The molecular formula is C9H20N2O2. The maximum atomic E-state index is 11.3. The molecule has 1 amide bonds. The van der Waals surface area contributed by atoms with E-state index in [1.54, 1.807) is 7.05 Å². The summed E-state index contributed by atoms with van der Waals surface area (Å²) in [4.78, 5) is 16.0. The van der Waals surface area contributed by atoms with Crippen molar-refractivity contribution >= 4 is 5.91 Å². The zero-order valence-corrected chi connectivity index (χ0v) is 8.75. The molecule has 0 aliphatic rings. The van der Waals surface area contributed by atoms with Crippen LogP contribution in [0, 0.1) is 5.92 Å². The first-order valence-electron chi connectivity index (χ1n) is 4.62. The Morgan fingerprint density at radius 1 is 1.54 bits per heavy atom. The van der Waals surface area contributed by atoms with Crippen molar-refractivity contribution in [3.63, 3.8) is 0 Å². The molecule has 0 saturated carbocycles. The molecule has 0 aliphatic carbocycles. The number of amides is 1. The van der Waals surface area contributed by atoms with Crippen molar-refractivity contribution < 1.29 is 9.63 Å². The van der Waals surface area contributed by atoms with Gasteiger partial charge >= 0.3 is 0 Å². The van der Waals surface area contributed by atoms with Gasteiger partial charge in [-0.1, -0.05) is 6.92 Å². The van der Waals surface area contributed by atoms with Crippen molar-refractivity contribution in [3.8, 4) is 0 Å². The SMILES string of the molecule is CON(C)C(=O)CCC(C)CCN. The summed E-state index contributed by atoms with van der Waals surface area (Å²) in [6.07, 6.45) is 2.39. The van der Waals surface area contributed by atoms with Crippen molar-refractivity contribution in [2.75, 3.05) is 20.7 Å². The standard InChI is InChI=1S/C9H20N2O2/c1-8(6-7-10)4-5-9(12)11(2)13-3/h8H,4-7,10H2,1-3H3. The van der Waals surface area contributed by atoms with Crippen LogP contribution in [-0.4, -0.2) is 31.7 Å². The lowest BCUT2D eigenvalue weighted by molar-refractivity contribution is -0.168. The number of hydrogen-bond acceptors (Lipinski definition) is 3. The molecule has 0 aromatic rings. The van der Waals surface area contributed by atoms with E-state index in [2.05, 4.69) is 6.92 Å². The van der Waals surface area contributed by atoms with E-state index in [0.29, 0.717) is 18.9 Å². The summed E-state index contributed by atoms with van der Waals surface area (Å²) in [6, 6.07) is 0. The van der Waals surface area contributed by atoms with Gasteiger partial charge < -0.3 is 5.73 Å². The molecule has 78 valence electrons. The highest BCUT2D eigenvalue weighted by atomic mass is 16.7. The molecule has 0 rings (SSSR count). The van der Waals surface area contributed by atoms with Crippen molar-refractivity contribution in [1.29, 1.82) is 0 Å². The molecule has 1 unspecified atom stereocenters. The highest BCUT2D eigenvalue weighted by Gasteiger charge is 2.09. The molecular weight excluding hydrogens is 168 g/mol. The fraction of sp³-hybridized carbons (Fsp3) is 0.889. The van der Waals surface area contributed by atoms with Crippen molar-refractivity contribution in [1.82, 2.24) is 5.06 Å². The molecule has 0 radical (unpaired) electrons. The Bertz CT molecular complexity index is 151. The fourth-order valence-corrected chi connectivity index (χ4v) is 1.06. The Morgan fingerprint density at radius 3 is 2.62 bits per heavy atom. The Balaban J connectivity index is 3.57. The smallest absolute Gasteiger partial charge is 0.245 e. The Kier molecular flexibility index (Phi) is 6.54. The second-order valence-electron chi connectivity index (χ2n) is 3.29. The number of rotatable bonds is 6. The monoisotopic (exact) mass is 188 g/mol. The van der Waals surface area contributed by atoms with Gasteiger partial charge in [-0.3, -0.25) is 9.63 Å². The van der Waals surface area contributed by atoms with Crippen LogP contribution in [0.5, 0.6) is 0 Å². The van der Waals surface area contributed by atoms with Gasteiger partial charge in [0.25, 0.3) is 0 Å². The van der Waals surface area contributed by atoms with E-state index in [4.69, 9.17) is 10.6 Å². The average Bonchev–Trinajstić information content (AvgIpc) is 2.13. The van der Waals surface area contributed by atoms with Crippen molar-refractivity contribution in [2.45, 2.75) is 26.2 Å². The zero-order chi connectivity index (χ0) is 10.3. The van der Waals surface area contributed by atoms with E-state index in [1.165, 1.54) is 12.2 Å². The number of hydroxylamine groups is 2. The largest absolute Gasteiger partial charge is 0.330 e. The number of carbonyl (C=O) groups excluding carboxylic acids is 1. The second kappa shape index (κ2) is 6.86. The van der Waals surface area contributed by atoms with E-state index in [-0.39, 0.29) is 5.91 Å². The molecule has 0 spiro atoms. The van der Waals surface area contributed by atoms with E-state index >= 15 is 0 Å². The summed E-state index contributed by atoms with van der Waals surface area (Å²) in [5.74, 6) is 0.533. The number of hydrogen-bond donors (Lipinski definition) is 1. The molecule has 0 aliphatic heterocycles. The van der Waals surface area contributed by atoms with Gasteiger partial charge in [0.1, 0.15) is 0 Å². The van der Waals surface area contributed by atoms with E-state index < -0.39 is 0 Å². The highest BCUT2D eigenvalue weighted by molar-refractivity contribution is 5.74. The third-order valence-electron chi connectivity index (χ3n) is 2.14. The first kappa shape index (κ1) is 12.4. The first-order valence-corrected chi connectivity index (χ1v) is 4.62. The fourth-order valence-electron chi connectivity index (χ4n) is 1.06. The Labute approximate surface area is 80.0 Å². The van der Waals surface area contributed by atoms with Gasteiger partial charge in [0.2, 0.25) is 5.91 Å². The van der Waals surface area contributed by atoms with Crippen LogP contribution >= 0.6 is 0 Å².